The van der Waals surface area contributed by atoms with Crippen LogP contribution in [0.4, 0.5) is 5.13 Å². The van der Waals surface area contributed by atoms with Gasteiger partial charge in [0.1, 0.15) is 5.82 Å². The highest BCUT2D eigenvalue weighted by atomic mass is 32.1. The van der Waals surface area contributed by atoms with Crippen molar-refractivity contribution in [1.82, 2.24) is 9.36 Å². The van der Waals surface area contributed by atoms with Crippen molar-refractivity contribution in [3.63, 3.8) is 0 Å². The third kappa shape index (κ3) is 2.50. The highest BCUT2D eigenvalue weighted by Gasteiger charge is 2.35. The van der Waals surface area contributed by atoms with Crippen LogP contribution in [-0.4, -0.2) is 40.7 Å². The van der Waals surface area contributed by atoms with Crippen LogP contribution in [0, 0.1) is 0 Å². The Balaban J connectivity index is 1.76. The second-order valence-corrected chi connectivity index (χ2v) is 6.56. The van der Waals surface area contributed by atoms with E-state index >= 15 is 0 Å². The fourth-order valence-corrected chi connectivity index (χ4v) is 3.18. The molecular weight excluding hydrogens is 248 g/mol. The largest absolute Gasteiger partial charge is 0.367 e. The van der Waals surface area contributed by atoms with Crippen molar-refractivity contribution in [2.75, 3.05) is 24.5 Å². The van der Waals surface area contributed by atoms with Gasteiger partial charge in [0.05, 0.1) is 11.7 Å². The molecule has 1 aliphatic carbocycles. The summed E-state index contributed by atoms with van der Waals surface area (Å²) in [4.78, 5) is 6.94. The summed E-state index contributed by atoms with van der Waals surface area (Å²) in [5.74, 6) is 1.65. The highest BCUT2D eigenvalue weighted by molar-refractivity contribution is 7.09. The summed E-state index contributed by atoms with van der Waals surface area (Å²) in [5, 5.41) is 1.02. The van der Waals surface area contributed by atoms with Gasteiger partial charge in [-0.2, -0.15) is 4.37 Å². The fraction of sp³-hybridized carbons (Fsp3) is 0.833. The number of anilines is 1. The molecular formula is C12H20N4OS. The van der Waals surface area contributed by atoms with Crippen molar-refractivity contribution in [2.45, 2.75) is 44.3 Å². The van der Waals surface area contributed by atoms with E-state index < -0.39 is 0 Å². The van der Waals surface area contributed by atoms with Crippen molar-refractivity contribution in [1.29, 1.82) is 0 Å². The van der Waals surface area contributed by atoms with Crippen molar-refractivity contribution >= 4 is 16.7 Å². The van der Waals surface area contributed by atoms with Crippen LogP contribution in [0.5, 0.6) is 0 Å². The van der Waals surface area contributed by atoms with Crippen LogP contribution < -0.4 is 10.6 Å². The minimum absolute atomic E-state index is 0.0852. The molecule has 100 valence electrons. The Bertz CT molecular complexity index is 429. The quantitative estimate of drug-likeness (QED) is 0.896. The zero-order chi connectivity index (χ0) is 12.8. The van der Waals surface area contributed by atoms with Crippen molar-refractivity contribution in [3.05, 3.63) is 5.82 Å². The first-order valence-electron chi connectivity index (χ1n) is 6.54. The maximum absolute atomic E-state index is 5.93. The third-order valence-electron chi connectivity index (χ3n) is 3.39. The molecule has 1 unspecified atom stereocenters. The van der Waals surface area contributed by atoms with Gasteiger partial charge in [-0.3, -0.25) is 0 Å². The molecule has 18 heavy (non-hydrogen) atoms. The summed E-state index contributed by atoms with van der Waals surface area (Å²) in [6.45, 7) is 6.42. The Morgan fingerprint density at radius 3 is 2.94 bits per heavy atom. The van der Waals surface area contributed by atoms with Crippen LogP contribution in [-0.2, 0) is 4.74 Å². The first kappa shape index (κ1) is 12.3. The Kier molecular flexibility index (Phi) is 3.03. The van der Waals surface area contributed by atoms with Crippen molar-refractivity contribution in [3.8, 4) is 0 Å². The lowest BCUT2D eigenvalue weighted by Gasteiger charge is -2.42. The maximum atomic E-state index is 5.93. The minimum Gasteiger partial charge on any atom is -0.367 e. The normalized spacial score (nSPS) is 27.5. The van der Waals surface area contributed by atoms with E-state index in [9.17, 15) is 0 Å². The second-order valence-electron chi connectivity index (χ2n) is 5.83. The number of ether oxygens (including phenoxy) is 1. The molecule has 3 rings (SSSR count). The lowest BCUT2D eigenvalue weighted by molar-refractivity contribution is -0.0788. The van der Waals surface area contributed by atoms with E-state index in [1.165, 1.54) is 24.4 Å². The van der Waals surface area contributed by atoms with E-state index in [2.05, 4.69) is 28.1 Å². The summed E-state index contributed by atoms with van der Waals surface area (Å²) in [7, 11) is 0. The van der Waals surface area contributed by atoms with Crippen LogP contribution >= 0.6 is 11.5 Å². The predicted octanol–water partition coefficient (Wildman–Crippen LogP) is 1.36. The van der Waals surface area contributed by atoms with Crippen LogP contribution in [0.3, 0.4) is 0 Å². The van der Waals surface area contributed by atoms with E-state index in [0.29, 0.717) is 12.5 Å². The highest BCUT2D eigenvalue weighted by Crippen LogP contribution is 2.40. The molecule has 2 aliphatic rings. The lowest BCUT2D eigenvalue weighted by atomic mass is 10.1. The van der Waals surface area contributed by atoms with Gasteiger partial charge in [0.25, 0.3) is 0 Å². The number of hydrogen-bond donors (Lipinski definition) is 1. The monoisotopic (exact) mass is 268 g/mol. The molecule has 5 nitrogen and oxygen atoms in total. The minimum atomic E-state index is -0.173. The van der Waals surface area contributed by atoms with Crippen molar-refractivity contribution < 1.29 is 4.74 Å². The van der Waals surface area contributed by atoms with E-state index in [0.717, 1.165) is 24.0 Å². The number of nitrogens with two attached hydrogens (primary N) is 1. The Hall–Kier alpha value is -0.720. The SMILES string of the molecule is CC1(C)CN(c2nc(C3CC3)ns2)CC(CN)O1. The number of morpholine rings is 1. The smallest absolute Gasteiger partial charge is 0.205 e. The summed E-state index contributed by atoms with van der Waals surface area (Å²) in [6, 6.07) is 0. The summed E-state index contributed by atoms with van der Waals surface area (Å²) in [6.07, 6.45) is 2.58. The molecule has 0 spiro atoms. The molecule has 1 atom stereocenters. The zero-order valence-electron chi connectivity index (χ0n) is 10.9. The Morgan fingerprint density at radius 2 is 2.28 bits per heavy atom. The van der Waals surface area contributed by atoms with E-state index in [1.807, 2.05) is 0 Å². The molecule has 6 heteroatoms. The van der Waals surface area contributed by atoms with E-state index in [1.54, 1.807) is 0 Å². The third-order valence-corrected chi connectivity index (χ3v) is 4.18. The van der Waals surface area contributed by atoms with Gasteiger partial charge in [0, 0.05) is 37.1 Å². The Morgan fingerprint density at radius 1 is 1.50 bits per heavy atom. The zero-order valence-corrected chi connectivity index (χ0v) is 11.7. The van der Waals surface area contributed by atoms with Crippen molar-refractivity contribution in [2.24, 2.45) is 5.73 Å². The predicted molar refractivity (Wildman–Crippen MR) is 72.1 cm³/mol. The first-order chi connectivity index (χ1) is 8.57. The number of aromatic nitrogens is 2. The molecule has 1 saturated carbocycles. The number of rotatable bonds is 3. The standard InChI is InChI=1S/C12H20N4OS/c1-12(2)7-16(6-9(5-13)17-12)11-14-10(15-18-11)8-3-4-8/h8-9H,3-7,13H2,1-2H3. The second kappa shape index (κ2) is 4.43. The molecule has 1 aromatic rings. The number of hydrogen-bond acceptors (Lipinski definition) is 6. The van der Waals surface area contributed by atoms with E-state index in [4.69, 9.17) is 10.5 Å². The van der Waals surface area contributed by atoms with Gasteiger partial charge < -0.3 is 15.4 Å². The lowest BCUT2D eigenvalue weighted by Crippen LogP contribution is -2.54. The number of nitrogens with zero attached hydrogens (tertiary/aromatic N) is 3. The van der Waals surface area contributed by atoms with Gasteiger partial charge in [-0.1, -0.05) is 0 Å². The molecule has 0 amide bonds. The topological polar surface area (TPSA) is 64.3 Å². The fourth-order valence-electron chi connectivity index (χ4n) is 2.43. The van der Waals surface area contributed by atoms with Gasteiger partial charge in [-0.15, -0.1) is 0 Å². The Labute approximate surface area is 112 Å². The molecule has 2 N–H and O–H groups in total. The van der Waals surface area contributed by atoms with Crippen LogP contribution in [0.15, 0.2) is 0 Å². The maximum Gasteiger partial charge on any atom is 0.205 e. The van der Waals surface area contributed by atoms with Gasteiger partial charge in [-0.25, -0.2) is 4.98 Å². The average Bonchev–Trinajstić information content (AvgIpc) is 3.05. The van der Waals surface area contributed by atoms with E-state index in [-0.39, 0.29) is 11.7 Å². The molecule has 0 radical (unpaired) electrons. The van der Waals surface area contributed by atoms with Gasteiger partial charge >= 0.3 is 0 Å². The molecule has 1 saturated heterocycles. The van der Waals surface area contributed by atoms with Crippen LogP contribution in [0.1, 0.15) is 38.4 Å². The molecule has 1 aromatic heterocycles. The van der Waals surface area contributed by atoms with Gasteiger partial charge in [0.15, 0.2) is 0 Å². The summed E-state index contributed by atoms with van der Waals surface area (Å²) < 4.78 is 10.4. The molecule has 1 aliphatic heterocycles. The van der Waals surface area contributed by atoms with Crippen LogP contribution in [0.25, 0.3) is 0 Å². The molecule has 0 bridgehead atoms. The molecule has 2 fully saturated rings. The van der Waals surface area contributed by atoms with Crippen LogP contribution in [0.2, 0.25) is 0 Å². The van der Waals surface area contributed by atoms with Gasteiger partial charge in [0.2, 0.25) is 5.13 Å². The first-order valence-corrected chi connectivity index (χ1v) is 7.31. The van der Waals surface area contributed by atoms with Gasteiger partial charge in [-0.05, 0) is 26.7 Å². The average molecular weight is 268 g/mol. The molecule has 2 heterocycles. The molecule has 0 aromatic carbocycles. The summed E-state index contributed by atoms with van der Waals surface area (Å²) >= 11 is 1.51. The summed E-state index contributed by atoms with van der Waals surface area (Å²) in [5.41, 5.74) is 5.57.